The Morgan fingerprint density at radius 3 is 2.50 bits per heavy atom. The van der Waals surface area contributed by atoms with Gasteiger partial charge >= 0.3 is 0 Å². The van der Waals surface area contributed by atoms with Crippen molar-refractivity contribution in [3.05, 3.63) is 0 Å². The second-order valence-electron chi connectivity index (χ2n) is 6.70. The number of guanidine groups is 1. The molecule has 0 radical (unpaired) electrons. The van der Waals surface area contributed by atoms with Gasteiger partial charge < -0.3 is 20.3 Å². The van der Waals surface area contributed by atoms with Crippen LogP contribution in [-0.2, 0) is 4.74 Å². The fraction of sp³-hybridized carbons (Fsp3) is 0.941. The zero-order valence-corrected chi connectivity index (χ0v) is 15.2. The van der Waals surface area contributed by atoms with Crippen molar-refractivity contribution in [1.82, 2.24) is 15.5 Å². The SMILES string of the molecule is CCCCCC(C)NC(=NC)NCC1(N(C)C)CCOCC1. The van der Waals surface area contributed by atoms with Crippen molar-refractivity contribution in [2.45, 2.75) is 64.0 Å². The molecule has 1 rings (SSSR count). The summed E-state index contributed by atoms with van der Waals surface area (Å²) in [6.07, 6.45) is 7.18. The minimum atomic E-state index is 0.168. The van der Waals surface area contributed by atoms with Crippen LogP contribution < -0.4 is 10.6 Å². The van der Waals surface area contributed by atoms with Gasteiger partial charge in [-0.2, -0.15) is 0 Å². The number of nitrogens with zero attached hydrogens (tertiary/aromatic N) is 2. The molecule has 0 bridgehead atoms. The molecule has 1 saturated heterocycles. The van der Waals surface area contributed by atoms with E-state index in [9.17, 15) is 0 Å². The zero-order chi connectivity index (χ0) is 16.4. The smallest absolute Gasteiger partial charge is 0.191 e. The fourth-order valence-electron chi connectivity index (χ4n) is 2.98. The summed E-state index contributed by atoms with van der Waals surface area (Å²) < 4.78 is 5.53. The molecule has 2 N–H and O–H groups in total. The summed E-state index contributed by atoms with van der Waals surface area (Å²) in [5, 5.41) is 7.03. The van der Waals surface area contributed by atoms with Crippen LogP contribution in [0, 0.1) is 0 Å². The number of hydrogen-bond donors (Lipinski definition) is 2. The van der Waals surface area contributed by atoms with E-state index in [1.807, 2.05) is 7.05 Å². The average Bonchev–Trinajstić information content (AvgIpc) is 2.52. The van der Waals surface area contributed by atoms with Gasteiger partial charge in [-0.25, -0.2) is 0 Å². The highest BCUT2D eigenvalue weighted by atomic mass is 16.5. The van der Waals surface area contributed by atoms with E-state index in [0.717, 1.165) is 38.6 Å². The molecule has 1 fully saturated rings. The molecule has 0 aromatic heterocycles. The third-order valence-corrected chi connectivity index (χ3v) is 4.80. The Kier molecular flexibility index (Phi) is 8.79. The molecule has 0 spiro atoms. The minimum absolute atomic E-state index is 0.168. The van der Waals surface area contributed by atoms with Gasteiger partial charge in [0.05, 0.1) is 0 Å². The van der Waals surface area contributed by atoms with Crippen molar-refractivity contribution >= 4 is 5.96 Å². The van der Waals surface area contributed by atoms with Crippen molar-refractivity contribution in [2.75, 3.05) is 40.9 Å². The molecule has 1 aliphatic rings. The van der Waals surface area contributed by atoms with Crippen LogP contribution in [0.5, 0.6) is 0 Å². The second-order valence-corrected chi connectivity index (χ2v) is 6.70. The zero-order valence-electron chi connectivity index (χ0n) is 15.2. The molecule has 5 heteroatoms. The molecule has 130 valence electrons. The highest BCUT2D eigenvalue weighted by molar-refractivity contribution is 5.80. The summed E-state index contributed by atoms with van der Waals surface area (Å²) in [5.74, 6) is 0.914. The Balaban J connectivity index is 2.44. The summed E-state index contributed by atoms with van der Waals surface area (Å²) in [6, 6.07) is 0.461. The summed E-state index contributed by atoms with van der Waals surface area (Å²) >= 11 is 0. The van der Waals surface area contributed by atoms with E-state index in [2.05, 4.69) is 48.5 Å². The standard InChI is InChI=1S/C17H36N4O/c1-6-7-8-9-15(2)20-16(18-3)19-14-17(21(4)5)10-12-22-13-11-17/h15H,6-14H2,1-5H3,(H2,18,19,20). The van der Waals surface area contributed by atoms with Gasteiger partial charge in [0.25, 0.3) is 0 Å². The van der Waals surface area contributed by atoms with Crippen molar-refractivity contribution in [3.63, 3.8) is 0 Å². The summed E-state index contributed by atoms with van der Waals surface area (Å²) in [5.41, 5.74) is 0.168. The molecule has 1 unspecified atom stereocenters. The van der Waals surface area contributed by atoms with Gasteiger partial charge in [-0.15, -0.1) is 0 Å². The molecular weight excluding hydrogens is 276 g/mol. The summed E-state index contributed by atoms with van der Waals surface area (Å²) in [4.78, 5) is 6.71. The van der Waals surface area contributed by atoms with Crippen molar-refractivity contribution in [2.24, 2.45) is 4.99 Å². The topological polar surface area (TPSA) is 48.9 Å². The van der Waals surface area contributed by atoms with E-state index in [4.69, 9.17) is 4.74 Å². The largest absolute Gasteiger partial charge is 0.381 e. The highest BCUT2D eigenvalue weighted by Crippen LogP contribution is 2.24. The Bertz CT molecular complexity index is 325. The maximum Gasteiger partial charge on any atom is 0.191 e. The van der Waals surface area contributed by atoms with Crippen LogP contribution in [0.25, 0.3) is 0 Å². The maximum absolute atomic E-state index is 5.53. The first-order chi connectivity index (χ1) is 10.5. The van der Waals surface area contributed by atoms with Crippen LogP contribution in [0.15, 0.2) is 4.99 Å². The lowest BCUT2D eigenvalue weighted by Crippen LogP contribution is -2.57. The molecule has 5 nitrogen and oxygen atoms in total. The van der Waals surface area contributed by atoms with Gasteiger partial charge in [0.1, 0.15) is 0 Å². The Hall–Kier alpha value is -0.810. The van der Waals surface area contributed by atoms with Gasteiger partial charge in [-0.1, -0.05) is 26.2 Å². The molecule has 0 amide bonds. The van der Waals surface area contributed by atoms with Crippen molar-refractivity contribution < 1.29 is 4.74 Å². The number of likely N-dealkylation sites (N-methyl/N-ethyl adjacent to an activating group) is 1. The predicted octanol–water partition coefficient (Wildman–Crippen LogP) is 2.23. The monoisotopic (exact) mass is 312 g/mol. The van der Waals surface area contributed by atoms with Crippen LogP contribution in [0.2, 0.25) is 0 Å². The van der Waals surface area contributed by atoms with Crippen LogP contribution >= 0.6 is 0 Å². The predicted molar refractivity (Wildman–Crippen MR) is 94.6 cm³/mol. The third kappa shape index (κ3) is 6.13. The Labute approximate surface area is 136 Å². The van der Waals surface area contributed by atoms with Crippen LogP contribution in [0.3, 0.4) is 0 Å². The second kappa shape index (κ2) is 10.1. The van der Waals surface area contributed by atoms with E-state index < -0.39 is 0 Å². The molecule has 22 heavy (non-hydrogen) atoms. The van der Waals surface area contributed by atoms with E-state index in [0.29, 0.717) is 6.04 Å². The first kappa shape index (κ1) is 19.2. The molecule has 1 aliphatic heterocycles. The van der Waals surface area contributed by atoms with Gasteiger partial charge in [0.15, 0.2) is 5.96 Å². The van der Waals surface area contributed by atoms with Gasteiger partial charge in [-0.3, -0.25) is 4.99 Å². The van der Waals surface area contributed by atoms with Crippen LogP contribution in [-0.4, -0.2) is 63.3 Å². The first-order valence-electron chi connectivity index (χ1n) is 8.76. The number of aliphatic imine (C=N–C) groups is 1. The summed E-state index contributed by atoms with van der Waals surface area (Å²) in [7, 11) is 6.17. The number of ether oxygens (including phenoxy) is 1. The fourth-order valence-corrected chi connectivity index (χ4v) is 2.98. The summed E-state index contributed by atoms with van der Waals surface area (Å²) in [6.45, 7) is 7.08. The highest BCUT2D eigenvalue weighted by Gasteiger charge is 2.34. The average molecular weight is 313 g/mol. The lowest BCUT2D eigenvalue weighted by atomic mass is 9.88. The molecule has 1 atom stereocenters. The molecular formula is C17H36N4O. The van der Waals surface area contributed by atoms with E-state index in [1.54, 1.807) is 0 Å². The van der Waals surface area contributed by atoms with Gasteiger partial charge in [0, 0.05) is 38.4 Å². The lowest BCUT2D eigenvalue weighted by molar-refractivity contribution is -0.00502. The maximum atomic E-state index is 5.53. The quantitative estimate of drug-likeness (QED) is 0.410. The number of nitrogens with one attached hydrogen (secondary N) is 2. The Morgan fingerprint density at radius 2 is 1.95 bits per heavy atom. The Morgan fingerprint density at radius 1 is 1.27 bits per heavy atom. The van der Waals surface area contributed by atoms with E-state index in [-0.39, 0.29) is 5.54 Å². The van der Waals surface area contributed by atoms with Gasteiger partial charge in [-0.05, 0) is 40.3 Å². The van der Waals surface area contributed by atoms with Crippen molar-refractivity contribution in [1.29, 1.82) is 0 Å². The first-order valence-corrected chi connectivity index (χ1v) is 8.76. The van der Waals surface area contributed by atoms with Crippen LogP contribution in [0.4, 0.5) is 0 Å². The molecule has 0 aliphatic carbocycles. The van der Waals surface area contributed by atoms with Crippen molar-refractivity contribution in [3.8, 4) is 0 Å². The van der Waals surface area contributed by atoms with Crippen LogP contribution in [0.1, 0.15) is 52.4 Å². The van der Waals surface area contributed by atoms with E-state index >= 15 is 0 Å². The number of hydrogen-bond acceptors (Lipinski definition) is 3. The molecule has 0 saturated carbocycles. The number of rotatable bonds is 8. The molecule has 0 aromatic rings. The van der Waals surface area contributed by atoms with Gasteiger partial charge in [0.2, 0.25) is 0 Å². The third-order valence-electron chi connectivity index (χ3n) is 4.80. The molecule has 0 aromatic carbocycles. The minimum Gasteiger partial charge on any atom is -0.381 e. The lowest BCUT2D eigenvalue weighted by Gasteiger charge is -2.43. The van der Waals surface area contributed by atoms with E-state index in [1.165, 1.54) is 25.7 Å². The number of unbranched alkanes of at least 4 members (excludes halogenated alkanes) is 2. The normalized spacial score (nSPS) is 20.0. The molecule has 1 heterocycles.